The second-order valence-corrected chi connectivity index (χ2v) is 2.77. The molecule has 1 aromatic rings. The van der Waals surface area contributed by atoms with Crippen molar-refractivity contribution in [1.29, 1.82) is 0 Å². The van der Waals surface area contributed by atoms with Gasteiger partial charge in [-0.25, -0.2) is 4.21 Å². The Morgan fingerprint density at radius 1 is 1.27 bits per heavy atom. The van der Waals surface area contributed by atoms with Gasteiger partial charge >= 0.3 is 0 Å². The lowest BCUT2D eigenvalue weighted by atomic mass is 10.2. The minimum atomic E-state index is -2.40. The second-order valence-electron chi connectivity index (χ2n) is 1.90. The van der Waals surface area contributed by atoms with E-state index in [1.165, 1.54) is 12.1 Å². The van der Waals surface area contributed by atoms with E-state index < -0.39 is 16.2 Å². The minimum Gasteiger partial charge on any atom is -0.300 e. The van der Waals surface area contributed by atoms with E-state index in [0.717, 1.165) is 0 Å². The summed E-state index contributed by atoms with van der Waals surface area (Å²) in [6.45, 7) is 0. The van der Waals surface area contributed by atoms with Crippen LogP contribution in [0, 0.1) is 0 Å². The average Bonchev–Trinajstić information content (AvgIpc) is 2.05. The molecule has 1 aromatic carbocycles. The summed E-state index contributed by atoms with van der Waals surface area (Å²) < 4.78 is 18.7. The lowest BCUT2D eigenvalue weighted by molar-refractivity contribution is 0.107. The van der Waals surface area contributed by atoms with Gasteiger partial charge in [0.05, 0.1) is 0 Å². The Balaban J connectivity index is 2.95. The molecule has 0 saturated heterocycles. The Morgan fingerprint density at radius 3 is 2.27 bits per heavy atom. The number of rotatable bonds is 1. The van der Waals surface area contributed by atoms with Gasteiger partial charge in [-0.15, -0.1) is 0 Å². The molecule has 0 aliphatic rings. The highest BCUT2D eigenvalue weighted by molar-refractivity contribution is 7.95. The molecule has 0 spiro atoms. The molecular weight excluding hydrogens is 164 g/mol. The highest BCUT2D eigenvalue weighted by Gasteiger charge is 2.09. The average molecular weight is 170 g/mol. The molecule has 1 unspecified atom stereocenters. The number of benzene rings is 1. The fourth-order valence-corrected chi connectivity index (χ4v) is 1.01. The van der Waals surface area contributed by atoms with Crippen LogP contribution in [0.2, 0.25) is 0 Å². The van der Waals surface area contributed by atoms with Gasteiger partial charge in [-0.1, -0.05) is 30.3 Å². The molecule has 4 heteroatoms. The summed E-state index contributed by atoms with van der Waals surface area (Å²) in [5, 5.41) is -0.759. The van der Waals surface area contributed by atoms with Crippen molar-refractivity contribution in [3.05, 3.63) is 35.9 Å². The normalized spacial score (nSPS) is 12.5. The van der Waals surface area contributed by atoms with Crippen LogP contribution in [0.25, 0.3) is 0 Å². The van der Waals surface area contributed by atoms with Crippen LogP contribution in [-0.4, -0.2) is 13.9 Å². The van der Waals surface area contributed by atoms with Crippen molar-refractivity contribution in [3.63, 3.8) is 0 Å². The first-order chi connectivity index (χ1) is 5.22. The fraction of sp³-hybridized carbons (Fsp3) is 0. The smallest absolute Gasteiger partial charge is 0.276 e. The maximum atomic E-state index is 10.8. The Labute approximate surface area is 66.3 Å². The van der Waals surface area contributed by atoms with Crippen LogP contribution in [0.1, 0.15) is 10.4 Å². The zero-order valence-corrected chi connectivity index (χ0v) is 6.38. The molecule has 0 amide bonds. The van der Waals surface area contributed by atoms with Gasteiger partial charge < -0.3 is 0 Å². The summed E-state index contributed by atoms with van der Waals surface area (Å²) in [4.78, 5) is 10.8. The molecule has 0 heterocycles. The van der Waals surface area contributed by atoms with Crippen molar-refractivity contribution in [1.82, 2.24) is 0 Å². The van der Waals surface area contributed by atoms with Crippen LogP contribution in [0.15, 0.2) is 30.3 Å². The molecule has 0 aliphatic heterocycles. The van der Waals surface area contributed by atoms with E-state index in [1.807, 2.05) is 0 Å². The largest absolute Gasteiger partial charge is 0.300 e. The third-order valence-electron chi connectivity index (χ3n) is 1.17. The van der Waals surface area contributed by atoms with Crippen LogP contribution in [0.5, 0.6) is 0 Å². The minimum absolute atomic E-state index is 0.258. The van der Waals surface area contributed by atoms with E-state index in [0.29, 0.717) is 0 Å². The van der Waals surface area contributed by atoms with Gasteiger partial charge in [0.2, 0.25) is 11.1 Å². The first-order valence-electron chi connectivity index (χ1n) is 2.92. The number of carbonyl (C=O) groups is 1. The molecule has 3 nitrogen and oxygen atoms in total. The van der Waals surface area contributed by atoms with Crippen molar-refractivity contribution in [3.8, 4) is 0 Å². The highest BCUT2D eigenvalue weighted by Crippen LogP contribution is 2.00. The molecule has 0 aromatic heterocycles. The van der Waals surface area contributed by atoms with Gasteiger partial charge in [0.1, 0.15) is 0 Å². The van der Waals surface area contributed by atoms with Gasteiger partial charge in [0.25, 0.3) is 5.12 Å². The SMILES string of the molecule is O=C(c1ccccc1)S(=O)O. The predicted octanol–water partition coefficient (Wildman–Crippen LogP) is 1.05. The maximum Gasteiger partial charge on any atom is 0.276 e. The molecule has 1 atom stereocenters. The van der Waals surface area contributed by atoms with Crippen molar-refractivity contribution in [2.24, 2.45) is 0 Å². The molecular formula is C7H6O3S. The molecule has 0 bridgehead atoms. The van der Waals surface area contributed by atoms with Crippen LogP contribution in [0.4, 0.5) is 0 Å². The number of carbonyl (C=O) groups excluding carboxylic acids is 1. The van der Waals surface area contributed by atoms with Crippen molar-refractivity contribution >= 4 is 16.2 Å². The standard InChI is InChI=1S/C7H6O3S/c8-7(11(9)10)6-4-2-1-3-5-6/h1-5H,(H,9,10). The van der Waals surface area contributed by atoms with Crippen LogP contribution in [-0.2, 0) is 11.1 Å². The summed E-state index contributed by atoms with van der Waals surface area (Å²) >= 11 is -2.40. The van der Waals surface area contributed by atoms with E-state index in [4.69, 9.17) is 4.55 Å². The number of hydrogen-bond donors (Lipinski definition) is 1. The Bertz CT molecular complexity index is 281. The Morgan fingerprint density at radius 2 is 1.82 bits per heavy atom. The maximum absolute atomic E-state index is 10.8. The lowest BCUT2D eigenvalue weighted by Crippen LogP contribution is -2.05. The van der Waals surface area contributed by atoms with Crippen molar-refractivity contribution in [2.75, 3.05) is 0 Å². The monoisotopic (exact) mass is 170 g/mol. The van der Waals surface area contributed by atoms with Gasteiger partial charge in [-0.05, 0) is 0 Å². The Hall–Kier alpha value is -1.00. The van der Waals surface area contributed by atoms with Crippen LogP contribution in [0.3, 0.4) is 0 Å². The summed E-state index contributed by atoms with van der Waals surface area (Å²) in [5.74, 6) is 0. The zero-order valence-electron chi connectivity index (χ0n) is 5.56. The second kappa shape index (κ2) is 3.41. The van der Waals surface area contributed by atoms with Crippen LogP contribution >= 0.6 is 0 Å². The highest BCUT2D eigenvalue weighted by atomic mass is 32.2. The zero-order chi connectivity index (χ0) is 8.27. The third-order valence-corrected chi connectivity index (χ3v) is 1.72. The molecule has 1 rings (SSSR count). The van der Waals surface area contributed by atoms with Gasteiger partial charge in [0.15, 0.2) is 0 Å². The third kappa shape index (κ3) is 1.96. The van der Waals surface area contributed by atoms with Crippen molar-refractivity contribution in [2.45, 2.75) is 0 Å². The van der Waals surface area contributed by atoms with E-state index >= 15 is 0 Å². The summed E-state index contributed by atoms with van der Waals surface area (Å²) in [6.07, 6.45) is 0. The number of hydrogen-bond acceptors (Lipinski definition) is 2. The molecule has 0 saturated carbocycles. The summed E-state index contributed by atoms with van der Waals surface area (Å²) in [7, 11) is 0. The molecule has 0 fully saturated rings. The van der Waals surface area contributed by atoms with Crippen molar-refractivity contribution < 1.29 is 13.6 Å². The first kappa shape index (κ1) is 8.10. The molecule has 0 aliphatic carbocycles. The summed E-state index contributed by atoms with van der Waals surface area (Å²) in [6, 6.07) is 8.00. The molecule has 58 valence electrons. The van der Waals surface area contributed by atoms with Crippen LogP contribution < -0.4 is 0 Å². The van der Waals surface area contributed by atoms with E-state index in [2.05, 4.69) is 0 Å². The van der Waals surface area contributed by atoms with E-state index in [-0.39, 0.29) is 5.56 Å². The van der Waals surface area contributed by atoms with Gasteiger partial charge in [-0.2, -0.15) is 0 Å². The van der Waals surface area contributed by atoms with E-state index in [9.17, 15) is 9.00 Å². The molecule has 0 radical (unpaired) electrons. The van der Waals surface area contributed by atoms with Gasteiger partial charge in [0, 0.05) is 5.56 Å². The Kier molecular flexibility index (Phi) is 2.51. The molecule has 1 N–H and O–H groups in total. The first-order valence-corrected chi connectivity index (χ1v) is 4.02. The fourth-order valence-electron chi connectivity index (χ4n) is 0.675. The quantitative estimate of drug-likeness (QED) is 0.641. The topological polar surface area (TPSA) is 54.4 Å². The predicted molar refractivity (Wildman–Crippen MR) is 41.5 cm³/mol. The molecule has 11 heavy (non-hydrogen) atoms. The lowest BCUT2D eigenvalue weighted by Gasteiger charge is -1.92. The van der Waals surface area contributed by atoms with Gasteiger partial charge in [-0.3, -0.25) is 9.35 Å². The van der Waals surface area contributed by atoms with E-state index in [1.54, 1.807) is 18.2 Å². The summed E-state index contributed by atoms with van der Waals surface area (Å²) in [5.41, 5.74) is 0.258.